The fourth-order valence-electron chi connectivity index (χ4n) is 2.20. The van der Waals surface area contributed by atoms with Gasteiger partial charge in [-0.2, -0.15) is 4.99 Å². The number of carbonyl (C=O) groups excluding carboxylic acids is 2. The summed E-state index contributed by atoms with van der Waals surface area (Å²) >= 11 is 2.09. The zero-order valence-electron chi connectivity index (χ0n) is 13.2. The standard InChI is InChI=1S/C15H12N4O4S2/c1-8(20)16-9-3-4-10-12(7-9)25-15(18(10)2)17-14(21)11-5-6-13(24-11)19(22)23/h3-7H,1-2H3,(H,16,20). The van der Waals surface area contributed by atoms with Crippen LogP contribution in [0.3, 0.4) is 0 Å². The van der Waals surface area contributed by atoms with Crippen molar-refractivity contribution in [1.82, 2.24) is 4.57 Å². The Kier molecular flexibility index (Phi) is 4.47. The van der Waals surface area contributed by atoms with E-state index in [1.54, 1.807) is 23.7 Å². The number of aryl methyl sites for hydroxylation is 1. The van der Waals surface area contributed by atoms with Gasteiger partial charge in [-0.3, -0.25) is 19.7 Å². The van der Waals surface area contributed by atoms with Gasteiger partial charge >= 0.3 is 5.00 Å². The number of anilines is 1. The van der Waals surface area contributed by atoms with E-state index in [1.807, 2.05) is 6.07 Å². The quantitative estimate of drug-likeness (QED) is 0.560. The average molecular weight is 376 g/mol. The second kappa shape index (κ2) is 6.57. The molecule has 0 bridgehead atoms. The monoisotopic (exact) mass is 376 g/mol. The van der Waals surface area contributed by atoms with Crippen LogP contribution in [0.1, 0.15) is 16.6 Å². The van der Waals surface area contributed by atoms with Crippen LogP contribution in [0.4, 0.5) is 10.7 Å². The molecule has 1 aromatic carbocycles. The van der Waals surface area contributed by atoms with E-state index in [0.29, 0.717) is 10.5 Å². The largest absolute Gasteiger partial charge is 0.326 e. The van der Waals surface area contributed by atoms with Gasteiger partial charge in [-0.15, -0.1) is 0 Å². The van der Waals surface area contributed by atoms with Gasteiger partial charge in [-0.05, 0) is 24.3 Å². The van der Waals surface area contributed by atoms with Crippen LogP contribution in [0.5, 0.6) is 0 Å². The number of thiophene rings is 1. The Balaban J connectivity index is 2.00. The van der Waals surface area contributed by atoms with Crippen molar-refractivity contribution in [1.29, 1.82) is 0 Å². The van der Waals surface area contributed by atoms with Crippen molar-refractivity contribution < 1.29 is 14.5 Å². The highest BCUT2D eigenvalue weighted by Gasteiger charge is 2.15. The molecule has 0 spiro atoms. The second-order valence-electron chi connectivity index (χ2n) is 5.12. The minimum atomic E-state index is -0.537. The van der Waals surface area contributed by atoms with Crippen LogP contribution in [0.15, 0.2) is 35.3 Å². The molecule has 0 atom stereocenters. The van der Waals surface area contributed by atoms with Gasteiger partial charge in [0.1, 0.15) is 4.88 Å². The van der Waals surface area contributed by atoms with Gasteiger partial charge in [-0.25, -0.2) is 0 Å². The number of aromatic nitrogens is 1. The number of amides is 2. The molecule has 25 heavy (non-hydrogen) atoms. The summed E-state index contributed by atoms with van der Waals surface area (Å²) in [5, 5.41) is 13.3. The zero-order chi connectivity index (χ0) is 18.1. The highest BCUT2D eigenvalue weighted by atomic mass is 32.1. The smallest absolute Gasteiger partial charge is 0.324 e. The fraction of sp³-hybridized carbons (Fsp3) is 0.133. The Labute approximate surface area is 149 Å². The highest BCUT2D eigenvalue weighted by Crippen LogP contribution is 2.25. The van der Waals surface area contributed by atoms with Gasteiger partial charge < -0.3 is 9.88 Å². The summed E-state index contributed by atoms with van der Waals surface area (Å²) in [6, 6.07) is 8.09. The van der Waals surface area contributed by atoms with Gasteiger partial charge in [-0.1, -0.05) is 22.7 Å². The Morgan fingerprint density at radius 1 is 1.24 bits per heavy atom. The first-order chi connectivity index (χ1) is 11.8. The average Bonchev–Trinajstić information content (AvgIpc) is 3.13. The molecule has 3 rings (SSSR count). The van der Waals surface area contributed by atoms with E-state index < -0.39 is 10.8 Å². The molecule has 2 aromatic heterocycles. The van der Waals surface area contributed by atoms with Crippen LogP contribution in [0.25, 0.3) is 10.2 Å². The molecule has 0 unspecified atom stereocenters. The van der Waals surface area contributed by atoms with Crippen LogP contribution < -0.4 is 10.1 Å². The molecular weight excluding hydrogens is 364 g/mol. The molecule has 0 aliphatic heterocycles. The third kappa shape index (κ3) is 3.49. The number of hydrogen-bond acceptors (Lipinski definition) is 6. The van der Waals surface area contributed by atoms with Crippen molar-refractivity contribution in [2.75, 3.05) is 5.32 Å². The molecule has 0 fully saturated rings. The predicted molar refractivity (Wildman–Crippen MR) is 96.0 cm³/mol. The van der Waals surface area contributed by atoms with Crippen LogP contribution in [-0.4, -0.2) is 21.3 Å². The molecule has 2 heterocycles. The van der Waals surface area contributed by atoms with Crippen molar-refractivity contribution in [2.24, 2.45) is 12.0 Å². The molecule has 0 aliphatic rings. The topological polar surface area (TPSA) is 107 Å². The minimum Gasteiger partial charge on any atom is -0.326 e. The number of nitrogens with one attached hydrogen (secondary N) is 1. The number of benzene rings is 1. The van der Waals surface area contributed by atoms with Crippen molar-refractivity contribution in [3.05, 3.63) is 50.1 Å². The minimum absolute atomic E-state index is 0.0979. The molecular formula is C15H12N4O4S2. The van der Waals surface area contributed by atoms with Crippen LogP contribution in [0, 0.1) is 10.1 Å². The summed E-state index contributed by atoms with van der Waals surface area (Å²) in [7, 11) is 1.78. The summed E-state index contributed by atoms with van der Waals surface area (Å²) in [6.45, 7) is 1.43. The SMILES string of the molecule is CC(=O)Nc1ccc2c(c1)sc(=NC(=O)c1ccc([N+](=O)[O-])s1)n2C. The van der Waals surface area contributed by atoms with Gasteiger partial charge in [0.05, 0.1) is 15.1 Å². The van der Waals surface area contributed by atoms with E-state index >= 15 is 0 Å². The molecule has 8 nitrogen and oxygen atoms in total. The van der Waals surface area contributed by atoms with Crippen LogP contribution in [0.2, 0.25) is 0 Å². The fourth-order valence-corrected chi connectivity index (χ4v) is 3.97. The number of nitro groups is 1. The molecule has 10 heteroatoms. The number of hydrogen-bond donors (Lipinski definition) is 1. The summed E-state index contributed by atoms with van der Waals surface area (Å²) in [6.07, 6.45) is 0. The lowest BCUT2D eigenvalue weighted by Crippen LogP contribution is -2.12. The predicted octanol–water partition coefficient (Wildman–Crippen LogP) is 2.91. The number of fused-ring (bicyclic) bond motifs is 1. The third-order valence-electron chi connectivity index (χ3n) is 3.31. The Morgan fingerprint density at radius 2 is 2.00 bits per heavy atom. The first kappa shape index (κ1) is 17.0. The highest BCUT2D eigenvalue weighted by molar-refractivity contribution is 7.17. The lowest BCUT2D eigenvalue weighted by atomic mass is 10.3. The second-order valence-corrected chi connectivity index (χ2v) is 7.19. The van der Waals surface area contributed by atoms with Crippen molar-refractivity contribution >= 4 is 55.4 Å². The van der Waals surface area contributed by atoms with Gasteiger partial charge in [0.2, 0.25) is 5.91 Å². The summed E-state index contributed by atoms with van der Waals surface area (Å²) in [5.41, 5.74) is 1.52. The van der Waals surface area contributed by atoms with E-state index in [9.17, 15) is 19.7 Å². The Morgan fingerprint density at radius 3 is 2.64 bits per heavy atom. The maximum absolute atomic E-state index is 12.2. The first-order valence-corrected chi connectivity index (χ1v) is 8.69. The summed E-state index contributed by atoms with van der Waals surface area (Å²) in [5.74, 6) is -0.693. The number of nitrogens with zero attached hydrogens (tertiary/aromatic N) is 3. The Hall–Kier alpha value is -2.85. The molecule has 2 amide bonds. The van der Waals surface area contributed by atoms with E-state index in [-0.39, 0.29) is 15.8 Å². The van der Waals surface area contributed by atoms with Crippen LogP contribution in [-0.2, 0) is 11.8 Å². The maximum atomic E-state index is 12.2. The first-order valence-electron chi connectivity index (χ1n) is 7.05. The van der Waals surface area contributed by atoms with Gasteiger partial charge in [0, 0.05) is 25.7 Å². The van der Waals surface area contributed by atoms with Gasteiger partial charge in [0.15, 0.2) is 4.80 Å². The molecule has 1 N–H and O–H groups in total. The maximum Gasteiger partial charge on any atom is 0.324 e. The van der Waals surface area contributed by atoms with Crippen molar-refractivity contribution in [3.8, 4) is 0 Å². The molecule has 0 saturated carbocycles. The summed E-state index contributed by atoms with van der Waals surface area (Å²) in [4.78, 5) is 38.3. The van der Waals surface area contributed by atoms with Gasteiger partial charge in [0.25, 0.3) is 5.91 Å². The lowest BCUT2D eigenvalue weighted by molar-refractivity contribution is -0.380. The Bertz CT molecular complexity index is 1080. The molecule has 0 saturated heterocycles. The molecule has 0 radical (unpaired) electrons. The molecule has 128 valence electrons. The van der Waals surface area contributed by atoms with Crippen molar-refractivity contribution in [2.45, 2.75) is 6.92 Å². The van der Waals surface area contributed by atoms with Crippen molar-refractivity contribution in [3.63, 3.8) is 0 Å². The van der Waals surface area contributed by atoms with E-state index in [4.69, 9.17) is 0 Å². The van der Waals surface area contributed by atoms with Crippen LogP contribution >= 0.6 is 22.7 Å². The zero-order valence-corrected chi connectivity index (χ0v) is 14.8. The normalized spacial score (nSPS) is 11.7. The molecule has 3 aromatic rings. The molecule has 0 aliphatic carbocycles. The number of rotatable bonds is 3. The lowest BCUT2D eigenvalue weighted by Gasteiger charge is -2.01. The third-order valence-corrected chi connectivity index (χ3v) is 5.43. The van der Waals surface area contributed by atoms with E-state index in [1.165, 1.54) is 30.4 Å². The van der Waals surface area contributed by atoms with E-state index in [0.717, 1.165) is 21.6 Å². The van der Waals surface area contributed by atoms with E-state index in [2.05, 4.69) is 10.3 Å². The number of thiazole rings is 1. The number of carbonyl (C=O) groups is 2. The summed E-state index contributed by atoms with van der Waals surface area (Å²) < 4.78 is 2.62.